The lowest BCUT2D eigenvalue weighted by molar-refractivity contribution is 0.239. The van der Waals surface area contributed by atoms with Crippen LogP contribution in [0.4, 0.5) is 0 Å². The van der Waals surface area contributed by atoms with Gasteiger partial charge in [-0.1, -0.05) is 20.8 Å². The summed E-state index contributed by atoms with van der Waals surface area (Å²) in [7, 11) is -3.82. The predicted molar refractivity (Wildman–Crippen MR) is 93.5 cm³/mol. The second kappa shape index (κ2) is 10.4. The van der Waals surface area contributed by atoms with E-state index in [9.17, 15) is 0 Å². The molecule has 0 saturated carbocycles. The van der Waals surface area contributed by atoms with Crippen molar-refractivity contribution in [2.75, 3.05) is 19.8 Å². The third kappa shape index (κ3) is 6.42. The minimum absolute atomic E-state index is 0.0678. The smallest absolute Gasteiger partial charge is 0.304 e. The highest BCUT2D eigenvalue weighted by Crippen LogP contribution is 2.61. The van der Waals surface area contributed by atoms with Crippen LogP contribution in [-0.4, -0.2) is 31.5 Å². The van der Waals surface area contributed by atoms with E-state index in [-0.39, 0.29) is 5.78 Å². The summed E-state index contributed by atoms with van der Waals surface area (Å²) >= 11 is 0. The van der Waals surface area contributed by atoms with Crippen LogP contribution in [0.15, 0.2) is 19.9 Å². The second-order valence-corrected chi connectivity index (χ2v) is 8.96. The van der Waals surface area contributed by atoms with E-state index >= 15 is 0 Å². The summed E-state index contributed by atoms with van der Waals surface area (Å²) in [5, 5.41) is 0. The summed E-state index contributed by atoms with van der Waals surface area (Å²) in [4.78, 5) is 4.36. The normalized spacial score (nSPS) is 22.3. The maximum atomic E-state index is 5.98. The fraction of sp³-hybridized carbons (Fsp3) is 0.857. The van der Waals surface area contributed by atoms with Gasteiger partial charge in [-0.25, -0.2) is 0 Å². The summed E-state index contributed by atoms with van der Waals surface area (Å²) in [6.07, 6.45) is 2.72. The van der Waals surface area contributed by atoms with Crippen LogP contribution in [0.3, 0.4) is 0 Å². The van der Waals surface area contributed by atoms with Crippen LogP contribution in [0.5, 0.6) is 0 Å². The number of hydrogen-bond donors (Lipinski definition) is 0. The summed E-state index contributed by atoms with van der Waals surface area (Å²) in [5.74, 6) is 2.90. The molecule has 0 aromatic carbocycles. The molecule has 2 unspecified atom stereocenters. The molecule has 0 fully saturated rings. The Morgan fingerprint density at radius 1 is 1.09 bits per heavy atom. The zero-order chi connectivity index (χ0) is 16.4. The molecule has 0 N–H and O–H groups in total. The molecule has 126 valence electrons. The van der Waals surface area contributed by atoms with E-state index in [1.807, 2.05) is 13.8 Å². The lowest BCUT2D eigenvalue weighted by Gasteiger charge is -2.17. The highest BCUT2D eigenvalue weighted by molar-refractivity contribution is 7.62. The highest BCUT2D eigenvalue weighted by Gasteiger charge is 2.35. The van der Waals surface area contributed by atoms with Crippen LogP contribution < -0.4 is 0 Å². The second-order valence-electron chi connectivity index (χ2n) is 4.94. The Morgan fingerprint density at radius 2 is 1.68 bits per heavy atom. The third-order valence-electron chi connectivity index (χ3n) is 2.57. The first kappa shape index (κ1) is 19.7. The fourth-order valence-electron chi connectivity index (χ4n) is 1.54. The first-order chi connectivity index (χ1) is 10.6. The van der Waals surface area contributed by atoms with Crippen LogP contribution in [0.1, 0.15) is 53.9 Å². The standard InChI is InChI=1S/C14H28N3O3P2/c1-6-9-18-21-14(5)15-12-13(4)16-22(17-21,19-10-7-2)20-11-8-3/h14H,6-11H2,1-5H3/q+1. The van der Waals surface area contributed by atoms with Gasteiger partial charge in [0.25, 0.3) is 5.78 Å². The van der Waals surface area contributed by atoms with Crippen molar-refractivity contribution in [3.63, 3.8) is 0 Å². The maximum Gasteiger partial charge on any atom is 0.406 e. The first-order valence-corrected chi connectivity index (χ1v) is 10.7. The van der Waals surface area contributed by atoms with Crippen molar-refractivity contribution < 1.29 is 13.6 Å². The molecule has 22 heavy (non-hydrogen) atoms. The van der Waals surface area contributed by atoms with Gasteiger partial charge in [0.1, 0.15) is 12.3 Å². The van der Waals surface area contributed by atoms with Crippen molar-refractivity contribution in [1.82, 2.24) is 0 Å². The number of nitrogens with zero attached hydrogens (tertiary/aromatic N) is 3. The van der Waals surface area contributed by atoms with E-state index < -0.39 is 15.6 Å². The van der Waals surface area contributed by atoms with Crippen LogP contribution >= 0.6 is 15.6 Å². The van der Waals surface area contributed by atoms with Crippen molar-refractivity contribution in [3.05, 3.63) is 5.70 Å². The molecule has 0 aromatic heterocycles. The summed E-state index contributed by atoms with van der Waals surface area (Å²) in [5.41, 5.74) is 0.668. The summed E-state index contributed by atoms with van der Waals surface area (Å²) in [6.45, 7) is 11.8. The fourth-order valence-corrected chi connectivity index (χ4v) is 6.01. The Bertz CT molecular complexity index is 488. The van der Waals surface area contributed by atoms with Gasteiger partial charge >= 0.3 is 15.6 Å². The molecule has 1 rings (SSSR count). The van der Waals surface area contributed by atoms with Gasteiger partial charge < -0.3 is 9.05 Å². The van der Waals surface area contributed by atoms with Gasteiger partial charge in [0.2, 0.25) is 0 Å². The minimum Gasteiger partial charge on any atom is -0.304 e. The van der Waals surface area contributed by atoms with Crippen molar-refractivity contribution >= 4 is 21.5 Å². The quantitative estimate of drug-likeness (QED) is 0.500. The lowest BCUT2D eigenvalue weighted by Crippen LogP contribution is -2.01. The van der Waals surface area contributed by atoms with Gasteiger partial charge in [0.15, 0.2) is 0 Å². The van der Waals surface area contributed by atoms with Gasteiger partial charge in [-0.15, -0.1) is 0 Å². The molecule has 0 radical (unpaired) electrons. The maximum absolute atomic E-state index is 5.98. The van der Waals surface area contributed by atoms with E-state index in [1.165, 1.54) is 0 Å². The SMILES string of the molecule is CCCO[P+]1=NP(OCCC)(OCCC)=NC(C)=C=NC1C. The summed E-state index contributed by atoms with van der Waals surface area (Å²) < 4.78 is 27.2. The third-order valence-corrected chi connectivity index (χ3v) is 6.97. The largest absolute Gasteiger partial charge is 0.406 e. The monoisotopic (exact) mass is 348 g/mol. The molecule has 1 aliphatic heterocycles. The Kier molecular flexibility index (Phi) is 9.35. The Labute approximate surface area is 135 Å². The topological polar surface area (TPSA) is 64.8 Å². The number of hydrogen-bond acceptors (Lipinski definition) is 6. The Balaban J connectivity index is 3.25. The van der Waals surface area contributed by atoms with Crippen molar-refractivity contribution in [3.8, 4) is 0 Å². The number of aliphatic imine (C=N–C) groups is 1. The van der Waals surface area contributed by atoms with E-state index in [0.29, 0.717) is 25.5 Å². The molecule has 0 spiro atoms. The van der Waals surface area contributed by atoms with Crippen LogP contribution in [0.25, 0.3) is 0 Å². The van der Waals surface area contributed by atoms with Crippen molar-refractivity contribution in [2.24, 2.45) is 14.3 Å². The van der Waals surface area contributed by atoms with Gasteiger partial charge in [-0.3, -0.25) is 0 Å². The Morgan fingerprint density at radius 3 is 2.23 bits per heavy atom. The first-order valence-electron chi connectivity index (χ1n) is 7.93. The summed E-state index contributed by atoms with van der Waals surface area (Å²) in [6, 6.07) is 0. The van der Waals surface area contributed by atoms with Gasteiger partial charge in [-0.05, 0) is 26.2 Å². The van der Waals surface area contributed by atoms with Crippen molar-refractivity contribution in [2.45, 2.75) is 59.7 Å². The van der Waals surface area contributed by atoms with E-state index in [2.05, 4.69) is 36.4 Å². The van der Waals surface area contributed by atoms with E-state index in [1.54, 1.807) is 0 Å². The molecule has 2 atom stereocenters. The van der Waals surface area contributed by atoms with E-state index in [0.717, 1.165) is 19.3 Å². The molecule has 0 aromatic rings. The molecule has 8 heteroatoms. The molecule has 0 amide bonds. The van der Waals surface area contributed by atoms with E-state index in [4.69, 9.17) is 18.1 Å². The van der Waals surface area contributed by atoms with Crippen LogP contribution in [0, 0.1) is 0 Å². The van der Waals surface area contributed by atoms with Gasteiger partial charge in [0.05, 0.1) is 13.2 Å². The molecule has 0 saturated heterocycles. The molecule has 0 bridgehead atoms. The average molecular weight is 348 g/mol. The minimum atomic E-state index is -2.69. The molecular weight excluding hydrogens is 320 g/mol. The molecular formula is C14H28N3O3P2+. The van der Waals surface area contributed by atoms with Crippen molar-refractivity contribution in [1.29, 1.82) is 0 Å². The average Bonchev–Trinajstić information content (AvgIpc) is 2.51. The van der Waals surface area contributed by atoms with Gasteiger partial charge in [-0.2, -0.15) is 14.3 Å². The Hall–Kier alpha value is -0.340. The lowest BCUT2D eigenvalue weighted by atomic mass is 10.5. The molecule has 0 aliphatic carbocycles. The molecule has 1 heterocycles. The van der Waals surface area contributed by atoms with Crippen LogP contribution in [-0.2, 0) is 13.6 Å². The predicted octanol–water partition coefficient (Wildman–Crippen LogP) is 5.73. The van der Waals surface area contributed by atoms with Crippen LogP contribution in [0.2, 0.25) is 0 Å². The number of allylic oxidation sites excluding steroid dienone is 1. The van der Waals surface area contributed by atoms with Gasteiger partial charge in [0, 0.05) is 17.3 Å². The molecule has 6 nitrogen and oxygen atoms in total. The zero-order valence-corrected chi connectivity index (χ0v) is 16.1. The number of rotatable bonds is 9. The highest BCUT2D eigenvalue weighted by atomic mass is 31.2. The molecule has 1 aliphatic rings. The zero-order valence-electron chi connectivity index (χ0n) is 14.3.